The molecular weight excluding hydrogens is 216 g/mol. The van der Waals surface area contributed by atoms with E-state index in [9.17, 15) is 9.59 Å². The molecule has 0 saturated carbocycles. The average Bonchev–Trinajstić information content (AvgIpc) is 2.50. The predicted octanol–water partition coefficient (Wildman–Crippen LogP) is 1.31. The SMILES string of the molecule is O=C1CCCCC(=O)N1CCC1CCCNC1. The van der Waals surface area contributed by atoms with Crippen LogP contribution in [0.4, 0.5) is 0 Å². The zero-order valence-corrected chi connectivity index (χ0v) is 10.4. The van der Waals surface area contributed by atoms with Gasteiger partial charge >= 0.3 is 0 Å². The molecule has 0 aromatic heterocycles. The number of amides is 2. The number of rotatable bonds is 3. The first-order chi connectivity index (χ1) is 8.27. The Labute approximate surface area is 103 Å². The van der Waals surface area contributed by atoms with Gasteiger partial charge in [0.1, 0.15) is 0 Å². The minimum atomic E-state index is 0.0382. The van der Waals surface area contributed by atoms with Gasteiger partial charge in [0.05, 0.1) is 0 Å². The van der Waals surface area contributed by atoms with Crippen LogP contribution in [0.25, 0.3) is 0 Å². The predicted molar refractivity (Wildman–Crippen MR) is 65.4 cm³/mol. The summed E-state index contributed by atoms with van der Waals surface area (Å²) in [4.78, 5) is 25.1. The van der Waals surface area contributed by atoms with Gasteiger partial charge in [-0.25, -0.2) is 0 Å². The third-order valence-corrected chi connectivity index (χ3v) is 3.79. The van der Waals surface area contributed by atoms with Gasteiger partial charge in [-0.05, 0) is 51.1 Å². The lowest BCUT2D eigenvalue weighted by Crippen LogP contribution is -2.38. The highest BCUT2D eigenvalue weighted by Gasteiger charge is 2.24. The molecular formula is C13H22N2O2. The molecule has 2 saturated heterocycles. The second-order valence-corrected chi connectivity index (χ2v) is 5.15. The van der Waals surface area contributed by atoms with Crippen molar-refractivity contribution in [1.29, 1.82) is 0 Å². The number of imide groups is 1. The Kier molecular flexibility index (Phi) is 4.54. The second kappa shape index (κ2) is 6.15. The molecule has 0 aromatic carbocycles. The van der Waals surface area contributed by atoms with E-state index in [4.69, 9.17) is 0 Å². The third kappa shape index (κ3) is 3.53. The van der Waals surface area contributed by atoms with Crippen molar-refractivity contribution in [2.24, 2.45) is 5.92 Å². The first kappa shape index (κ1) is 12.6. The number of piperidine rings is 1. The van der Waals surface area contributed by atoms with Gasteiger partial charge in [-0.2, -0.15) is 0 Å². The normalized spacial score (nSPS) is 27.1. The fourth-order valence-electron chi connectivity index (χ4n) is 2.69. The summed E-state index contributed by atoms with van der Waals surface area (Å²) in [6.45, 7) is 2.78. The van der Waals surface area contributed by atoms with Crippen molar-refractivity contribution in [3.05, 3.63) is 0 Å². The van der Waals surface area contributed by atoms with Gasteiger partial charge in [0.15, 0.2) is 0 Å². The van der Waals surface area contributed by atoms with Crippen LogP contribution in [0.5, 0.6) is 0 Å². The third-order valence-electron chi connectivity index (χ3n) is 3.79. The van der Waals surface area contributed by atoms with E-state index < -0.39 is 0 Å². The maximum atomic E-state index is 11.8. The number of carbonyl (C=O) groups is 2. The van der Waals surface area contributed by atoms with Crippen molar-refractivity contribution in [3.63, 3.8) is 0 Å². The monoisotopic (exact) mass is 238 g/mol. The minimum Gasteiger partial charge on any atom is -0.316 e. The molecule has 2 aliphatic heterocycles. The lowest BCUT2D eigenvalue weighted by molar-refractivity contribution is -0.143. The van der Waals surface area contributed by atoms with E-state index in [-0.39, 0.29) is 11.8 Å². The highest BCUT2D eigenvalue weighted by molar-refractivity contribution is 5.95. The Hall–Kier alpha value is -0.900. The summed E-state index contributed by atoms with van der Waals surface area (Å²) in [6, 6.07) is 0. The van der Waals surface area contributed by atoms with E-state index in [2.05, 4.69) is 5.32 Å². The highest BCUT2D eigenvalue weighted by atomic mass is 16.2. The van der Waals surface area contributed by atoms with E-state index in [1.165, 1.54) is 17.7 Å². The zero-order chi connectivity index (χ0) is 12.1. The van der Waals surface area contributed by atoms with Gasteiger partial charge in [0, 0.05) is 19.4 Å². The van der Waals surface area contributed by atoms with Gasteiger partial charge < -0.3 is 5.32 Å². The molecule has 2 amide bonds. The van der Waals surface area contributed by atoms with Crippen molar-refractivity contribution < 1.29 is 9.59 Å². The summed E-state index contributed by atoms with van der Waals surface area (Å²) in [5, 5.41) is 3.37. The number of nitrogens with one attached hydrogen (secondary N) is 1. The molecule has 0 bridgehead atoms. The lowest BCUT2D eigenvalue weighted by Gasteiger charge is -2.25. The fraction of sp³-hybridized carbons (Fsp3) is 0.846. The van der Waals surface area contributed by atoms with Crippen LogP contribution in [-0.2, 0) is 9.59 Å². The molecule has 1 N–H and O–H groups in total. The molecule has 0 radical (unpaired) electrons. The molecule has 4 nitrogen and oxygen atoms in total. The standard InChI is InChI=1S/C13H22N2O2/c16-12-5-1-2-6-13(17)15(12)9-7-11-4-3-8-14-10-11/h11,14H,1-10H2. The molecule has 4 heteroatoms. The molecule has 2 fully saturated rings. The van der Waals surface area contributed by atoms with Crippen molar-refractivity contribution in [3.8, 4) is 0 Å². The molecule has 2 heterocycles. The van der Waals surface area contributed by atoms with Crippen LogP contribution in [0.1, 0.15) is 44.9 Å². The number of carbonyl (C=O) groups excluding carboxylic acids is 2. The Balaban J connectivity index is 1.82. The van der Waals surface area contributed by atoms with Crippen LogP contribution < -0.4 is 5.32 Å². The van der Waals surface area contributed by atoms with Gasteiger partial charge in [-0.3, -0.25) is 14.5 Å². The van der Waals surface area contributed by atoms with Gasteiger partial charge in [0.25, 0.3) is 0 Å². The van der Waals surface area contributed by atoms with Crippen molar-refractivity contribution >= 4 is 11.8 Å². The zero-order valence-electron chi connectivity index (χ0n) is 10.4. The molecule has 0 aliphatic carbocycles. The molecule has 96 valence electrons. The van der Waals surface area contributed by atoms with E-state index >= 15 is 0 Å². The number of hydrogen-bond donors (Lipinski definition) is 1. The topological polar surface area (TPSA) is 49.4 Å². The van der Waals surface area contributed by atoms with E-state index in [1.807, 2.05) is 0 Å². The highest BCUT2D eigenvalue weighted by Crippen LogP contribution is 2.17. The van der Waals surface area contributed by atoms with Crippen LogP contribution in [-0.4, -0.2) is 36.3 Å². The van der Waals surface area contributed by atoms with Crippen LogP contribution in [0, 0.1) is 5.92 Å². The maximum Gasteiger partial charge on any atom is 0.229 e. The van der Waals surface area contributed by atoms with Crippen LogP contribution in [0.15, 0.2) is 0 Å². The van der Waals surface area contributed by atoms with Crippen molar-refractivity contribution in [1.82, 2.24) is 10.2 Å². The molecule has 1 atom stereocenters. The molecule has 2 rings (SSSR count). The van der Waals surface area contributed by atoms with Crippen LogP contribution >= 0.6 is 0 Å². The lowest BCUT2D eigenvalue weighted by atomic mass is 9.96. The maximum absolute atomic E-state index is 11.8. The Morgan fingerprint density at radius 3 is 2.41 bits per heavy atom. The Morgan fingerprint density at radius 2 is 1.82 bits per heavy atom. The van der Waals surface area contributed by atoms with E-state index in [0.717, 1.165) is 32.4 Å². The molecule has 1 unspecified atom stereocenters. The average molecular weight is 238 g/mol. The molecule has 0 spiro atoms. The number of likely N-dealkylation sites (tertiary alicyclic amines) is 1. The van der Waals surface area contributed by atoms with Gasteiger partial charge in [0.2, 0.25) is 11.8 Å². The first-order valence-corrected chi connectivity index (χ1v) is 6.81. The van der Waals surface area contributed by atoms with Crippen molar-refractivity contribution in [2.45, 2.75) is 44.9 Å². The van der Waals surface area contributed by atoms with Gasteiger partial charge in [-0.15, -0.1) is 0 Å². The first-order valence-electron chi connectivity index (χ1n) is 6.81. The fourth-order valence-corrected chi connectivity index (χ4v) is 2.69. The summed E-state index contributed by atoms with van der Waals surface area (Å²) < 4.78 is 0. The minimum absolute atomic E-state index is 0.0382. The summed E-state index contributed by atoms with van der Waals surface area (Å²) in [7, 11) is 0. The Morgan fingerprint density at radius 1 is 1.12 bits per heavy atom. The number of hydrogen-bond acceptors (Lipinski definition) is 3. The smallest absolute Gasteiger partial charge is 0.229 e. The largest absolute Gasteiger partial charge is 0.316 e. The summed E-state index contributed by atoms with van der Waals surface area (Å²) in [5.74, 6) is 0.708. The summed E-state index contributed by atoms with van der Waals surface area (Å²) >= 11 is 0. The Bertz CT molecular complexity index is 267. The molecule has 0 aromatic rings. The quantitative estimate of drug-likeness (QED) is 0.754. The van der Waals surface area contributed by atoms with Crippen LogP contribution in [0.3, 0.4) is 0 Å². The van der Waals surface area contributed by atoms with Crippen molar-refractivity contribution in [2.75, 3.05) is 19.6 Å². The summed E-state index contributed by atoms with van der Waals surface area (Å²) in [5.41, 5.74) is 0. The number of nitrogens with zero attached hydrogens (tertiary/aromatic N) is 1. The molecule has 2 aliphatic rings. The second-order valence-electron chi connectivity index (χ2n) is 5.15. The molecule has 17 heavy (non-hydrogen) atoms. The van der Waals surface area contributed by atoms with Crippen LogP contribution in [0.2, 0.25) is 0 Å². The summed E-state index contributed by atoms with van der Waals surface area (Å²) in [6.07, 6.45) is 6.24. The van der Waals surface area contributed by atoms with E-state index in [1.54, 1.807) is 0 Å². The van der Waals surface area contributed by atoms with E-state index in [0.29, 0.717) is 25.3 Å². The van der Waals surface area contributed by atoms with Gasteiger partial charge in [-0.1, -0.05) is 0 Å².